The number of carbonyl (C=O) groups is 2. The predicted molar refractivity (Wildman–Crippen MR) is 89.0 cm³/mol. The lowest BCUT2D eigenvalue weighted by atomic mass is 9.91. The van der Waals surface area contributed by atoms with Crippen molar-refractivity contribution in [1.29, 1.82) is 0 Å². The van der Waals surface area contributed by atoms with Crippen molar-refractivity contribution in [3.63, 3.8) is 0 Å². The number of nitrogens with zero attached hydrogens (tertiary/aromatic N) is 1. The number of allylic oxidation sites excluding steroid dienone is 1. The summed E-state index contributed by atoms with van der Waals surface area (Å²) in [6, 6.07) is 3.03. The van der Waals surface area contributed by atoms with Crippen molar-refractivity contribution in [2.24, 2.45) is 5.92 Å². The van der Waals surface area contributed by atoms with Gasteiger partial charge in [-0.15, -0.1) is 0 Å². The van der Waals surface area contributed by atoms with E-state index in [1.54, 1.807) is 0 Å². The third kappa shape index (κ3) is 4.00. The van der Waals surface area contributed by atoms with Gasteiger partial charge in [-0.25, -0.2) is 9.59 Å². The average molecular weight is 370 g/mol. The van der Waals surface area contributed by atoms with E-state index in [0.717, 1.165) is 6.07 Å². The summed E-state index contributed by atoms with van der Waals surface area (Å²) >= 11 is 0. The van der Waals surface area contributed by atoms with E-state index >= 15 is 0 Å². The van der Waals surface area contributed by atoms with E-state index in [4.69, 9.17) is 4.74 Å². The number of halogens is 3. The van der Waals surface area contributed by atoms with Crippen molar-refractivity contribution in [3.8, 4) is 0 Å². The van der Waals surface area contributed by atoms with E-state index in [-0.39, 0.29) is 29.4 Å². The molecule has 142 valence electrons. The molecule has 1 aliphatic heterocycles. The predicted octanol–water partition coefficient (Wildman–Crippen LogP) is 3.87. The van der Waals surface area contributed by atoms with Crippen LogP contribution in [0.4, 0.5) is 18.0 Å². The second-order valence-electron chi connectivity index (χ2n) is 6.52. The Morgan fingerprint density at radius 1 is 1.31 bits per heavy atom. The fourth-order valence-corrected chi connectivity index (χ4v) is 2.66. The summed E-state index contributed by atoms with van der Waals surface area (Å²) in [7, 11) is 1.44. The molecule has 0 aliphatic carbocycles. The number of hydrogen-bond acceptors (Lipinski definition) is 3. The molecule has 0 spiro atoms. The molecule has 0 aromatic heterocycles. The maximum absolute atomic E-state index is 13.4. The molecular formula is C18H21F3N2O3. The summed E-state index contributed by atoms with van der Waals surface area (Å²) in [5.74, 6) is -0.679. The lowest BCUT2D eigenvalue weighted by molar-refractivity contribution is -0.142. The van der Waals surface area contributed by atoms with Gasteiger partial charge >= 0.3 is 18.2 Å². The third-order valence-corrected chi connectivity index (χ3v) is 4.10. The Hall–Kier alpha value is -2.51. The van der Waals surface area contributed by atoms with Crippen LogP contribution in [0.2, 0.25) is 0 Å². The Kier molecular flexibility index (Phi) is 5.63. The quantitative estimate of drug-likeness (QED) is 0.819. The van der Waals surface area contributed by atoms with Gasteiger partial charge in [0.05, 0.1) is 23.8 Å². The highest BCUT2D eigenvalue weighted by molar-refractivity contribution is 5.95. The van der Waals surface area contributed by atoms with E-state index < -0.39 is 29.8 Å². The topological polar surface area (TPSA) is 58.6 Å². The summed E-state index contributed by atoms with van der Waals surface area (Å²) < 4.78 is 45.4. The number of alkyl halides is 3. The number of urea groups is 1. The normalized spacial score (nSPS) is 18.2. The van der Waals surface area contributed by atoms with Crippen molar-refractivity contribution >= 4 is 12.0 Å². The highest BCUT2D eigenvalue weighted by Crippen LogP contribution is 2.39. The van der Waals surface area contributed by atoms with Gasteiger partial charge in [-0.3, -0.25) is 0 Å². The Balaban J connectivity index is 2.55. The molecule has 2 rings (SSSR count). The Labute approximate surface area is 149 Å². The van der Waals surface area contributed by atoms with Crippen LogP contribution >= 0.6 is 0 Å². The molecule has 0 fully saturated rings. The monoisotopic (exact) mass is 370 g/mol. The molecule has 0 saturated heterocycles. The van der Waals surface area contributed by atoms with Crippen molar-refractivity contribution < 1.29 is 27.5 Å². The maximum atomic E-state index is 13.4. The molecule has 2 amide bonds. The number of amides is 2. The third-order valence-electron chi connectivity index (χ3n) is 4.10. The fraction of sp³-hybridized carbons (Fsp3) is 0.444. The zero-order valence-electron chi connectivity index (χ0n) is 15.0. The second kappa shape index (κ2) is 7.39. The zero-order chi connectivity index (χ0) is 19.6. The smallest absolute Gasteiger partial charge is 0.416 e. The van der Waals surface area contributed by atoms with Crippen LogP contribution < -0.4 is 5.32 Å². The van der Waals surface area contributed by atoms with Crippen LogP contribution in [0.25, 0.3) is 0 Å². The molecule has 1 heterocycles. The molecular weight excluding hydrogens is 349 g/mol. The van der Waals surface area contributed by atoms with Crippen LogP contribution in [0.5, 0.6) is 0 Å². The molecule has 1 atom stereocenters. The molecule has 0 saturated carbocycles. The van der Waals surface area contributed by atoms with Crippen molar-refractivity contribution in [3.05, 3.63) is 46.7 Å². The SMILES string of the molecule is CC1=C(C(=O)OCC(C)C)C(c2ccccc2C(F)(F)F)NC(=O)N1C. The van der Waals surface area contributed by atoms with Crippen molar-refractivity contribution in [1.82, 2.24) is 10.2 Å². The molecule has 1 aromatic carbocycles. The van der Waals surface area contributed by atoms with Crippen molar-refractivity contribution in [2.45, 2.75) is 33.0 Å². The maximum Gasteiger partial charge on any atom is 0.416 e. The second-order valence-corrected chi connectivity index (χ2v) is 6.52. The number of ether oxygens (including phenoxy) is 1. The molecule has 0 bridgehead atoms. The number of esters is 1. The van der Waals surface area contributed by atoms with Crippen LogP contribution in [-0.4, -0.2) is 30.6 Å². The molecule has 0 radical (unpaired) electrons. The van der Waals surface area contributed by atoms with Crippen LogP contribution in [0.1, 0.15) is 37.9 Å². The number of hydrogen-bond donors (Lipinski definition) is 1. The first-order valence-corrected chi connectivity index (χ1v) is 8.12. The first-order chi connectivity index (χ1) is 12.0. The summed E-state index contributed by atoms with van der Waals surface area (Å²) in [6.07, 6.45) is -4.62. The zero-order valence-corrected chi connectivity index (χ0v) is 15.0. The van der Waals surface area contributed by atoms with Gasteiger partial charge in [0.25, 0.3) is 0 Å². The van der Waals surface area contributed by atoms with Gasteiger partial charge in [-0.2, -0.15) is 13.2 Å². The number of benzene rings is 1. The molecule has 5 nitrogen and oxygen atoms in total. The van der Waals surface area contributed by atoms with Gasteiger partial charge in [0.2, 0.25) is 0 Å². The van der Waals surface area contributed by atoms with E-state index in [2.05, 4.69) is 5.32 Å². The molecule has 1 unspecified atom stereocenters. The minimum atomic E-state index is -4.62. The Morgan fingerprint density at radius 3 is 2.50 bits per heavy atom. The van der Waals surface area contributed by atoms with Crippen LogP contribution in [-0.2, 0) is 15.7 Å². The fourth-order valence-electron chi connectivity index (χ4n) is 2.66. The Morgan fingerprint density at radius 2 is 1.92 bits per heavy atom. The summed E-state index contributed by atoms with van der Waals surface area (Å²) in [5.41, 5.74) is -0.858. The molecule has 8 heteroatoms. The highest BCUT2D eigenvalue weighted by atomic mass is 19.4. The van der Waals surface area contributed by atoms with Gasteiger partial charge in [-0.1, -0.05) is 32.0 Å². The highest BCUT2D eigenvalue weighted by Gasteiger charge is 2.41. The molecule has 26 heavy (non-hydrogen) atoms. The van der Waals surface area contributed by atoms with E-state index in [9.17, 15) is 22.8 Å². The first kappa shape index (κ1) is 19.8. The van der Waals surface area contributed by atoms with Crippen LogP contribution in [0.15, 0.2) is 35.5 Å². The largest absolute Gasteiger partial charge is 0.462 e. The number of nitrogens with one attached hydrogen (secondary N) is 1. The standard InChI is InChI=1S/C18H21F3N2O3/c1-10(2)9-26-16(24)14-11(3)23(4)17(25)22-15(14)12-7-5-6-8-13(12)18(19,20)21/h5-8,10,15H,9H2,1-4H3,(H,22,25). The number of carbonyl (C=O) groups excluding carboxylic acids is 2. The van der Waals surface area contributed by atoms with E-state index in [1.165, 1.54) is 37.1 Å². The van der Waals surface area contributed by atoms with Gasteiger partial charge in [0.15, 0.2) is 0 Å². The minimum absolute atomic E-state index is 0.00977. The minimum Gasteiger partial charge on any atom is -0.462 e. The summed E-state index contributed by atoms with van der Waals surface area (Å²) in [5, 5.41) is 2.47. The van der Waals surface area contributed by atoms with Gasteiger partial charge in [0, 0.05) is 12.7 Å². The van der Waals surface area contributed by atoms with Gasteiger partial charge in [-0.05, 0) is 24.5 Å². The molecule has 1 N–H and O–H groups in total. The van der Waals surface area contributed by atoms with Crippen LogP contribution in [0.3, 0.4) is 0 Å². The van der Waals surface area contributed by atoms with Crippen molar-refractivity contribution in [2.75, 3.05) is 13.7 Å². The Bertz CT molecular complexity index is 741. The van der Waals surface area contributed by atoms with E-state index in [0.29, 0.717) is 0 Å². The van der Waals surface area contributed by atoms with E-state index in [1.807, 2.05) is 13.8 Å². The summed E-state index contributed by atoms with van der Waals surface area (Å²) in [6.45, 7) is 5.33. The first-order valence-electron chi connectivity index (χ1n) is 8.12. The lowest BCUT2D eigenvalue weighted by Crippen LogP contribution is -2.46. The van der Waals surface area contributed by atoms with Gasteiger partial charge < -0.3 is 15.0 Å². The molecule has 1 aromatic rings. The lowest BCUT2D eigenvalue weighted by Gasteiger charge is -2.34. The number of rotatable bonds is 4. The average Bonchev–Trinajstić information content (AvgIpc) is 2.56. The summed E-state index contributed by atoms with van der Waals surface area (Å²) in [4.78, 5) is 25.9. The van der Waals surface area contributed by atoms with Crippen LogP contribution in [0, 0.1) is 5.92 Å². The molecule has 1 aliphatic rings. The van der Waals surface area contributed by atoms with Gasteiger partial charge in [0.1, 0.15) is 0 Å².